The van der Waals surface area contributed by atoms with E-state index in [9.17, 15) is 14.4 Å². The van der Waals surface area contributed by atoms with Crippen molar-refractivity contribution in [2.24, 2.45) is 0 Å². The molecule has 0 aromatic rings. The van der Waals surface area contributed by atoms with Crippen LogP contribution in [-0.4, -0.2) is 37.2 Å². The molecule has 0 radical (unpaired) electrons. The predicted octanol–water partition coefficient (Wildman–Crippen LogP) is 23.1. The zero-order valence-electron chi connectivity index (χ0n) is 51.5. The van der Waals surface area contributed by atoms with Crippen molar-refractivity contribution in [1.82, 2.24) is 0 Å². The molecule has 0 amide bonds. The summed E-state index contributed by atoms with van der Waals surface area (Å²) in [5.74, 6) is -0.877. The molecule has 0 fully saturated rings. The van der Waals surface area contributed by atoms with E-state index in [1.54, 1.807) is 0 Å². The van der Waals surface area contributed by atoms with Gasteiger partial charge in [-0.1, -0.05) is 293 Å². The first-order chi connectivity index (χ1) is 38.0. The summed E-state index contributed by atoms with van der Waals surface area (Å²) in [6.07, 6.45) is 84.0. The van der Waals surface area contributed by atoms with Crippen LogP contribution in [-0.2, 0) is 28.6 Å². The SMILES string of the molecule is CCCC/C=C\CCCCCCCC(=O)OCC(COC(=O)CCCCCCCCCCCCCCCCCCCCC/C=C\C/C=C\CCCCCCC)OC(=O)CCCCCCCCC/C=C\C/C=C\CCCCC. The summed E-state index contributed by atoms with van der Waals surface area (Å²) in [4.78, 5) is 38.3. The van der Waals surface area contributed by atoms with Crippen LogP contribution in [0.15, 0.2) is 60.8 Å². The molecule has 0 aromatic carbocycles. The zero-order valence-corrected chi connectivity index (χ0v) is 51.5. The van der Waals surface area contributed by atoms with Crippen molar-refractivity contribution < 1.29 is 28.6 Å². The highest BCUT2D eigenvalue weighted by molar-refractivity contribution is 5.71. The van der Waals surface area contributed by atoms with Gasteiger partial charge in [0, 0.05) is 19.3 Å². The molecule has 0 spiro atoms. The molecule has 6 nitrogen and oxygen atoms in total. The molecule has 77 heavy (non-hydrogen) atoms. The third-order valence-corrected chi connectivity index (χ3v) is 15.0. The van der Waals surface area contributed by atoms with E-state index in [-0.39, 0.29) is 31.1 Å². The molecule has 448 valence electrons. The molecule has 6 heteroatoms. The van der Waals surface area contributed by atoms with Gasteiger partial charge in [0.15, 0.2) is 6.10 Å². The van der Waals surface area contributed by atoms with Gasteiger partial charge in [-0.3, -0.25) is 14.4 Å². The predicted molar refractivity (Wildman–Crippen MR) is 335 cm³/mol. The van der Waals surface area contributed by atoms with Crippen LogP contribution >= 0.6 is 0 Å². The molecule has 0 heterocycles. The van der Waals surface area contributed by atoms with Crippen LogP contribution in [0.25, 0.3) is 0 Å². The molecule has 0 rings (SSSR count). The van der Waals surface area contributed by atoms with Gasteiger partial charge in [-0.2, -0.15) is 0 Å². The van der Waals surface area contributed by atoms with Gasteiger partial charge in [-0.15, -0.1) is 0 Å². The standard InChI is InChI=1S/C71H128O6/c1-4-7-10-13-16-19-22-24-26-28-29-30-31-32-33-34-35-36-37-38-39-40-41-43-44-46-49-52-55-58-61-64-70(73)76-67-68(66-75-69(72)63-60-57-54-51-48-21-18-15-12-9-6-3)77-71(74)65-62-59-56-53-50-47-45-42-27-25-23-20-17-14-11-8-5-2/h15,17-18,20,22,24-25,27-29,68H,4-14,16,19,21,23,26,30-67H2,1-3H3/b18-15-,20-17-,24-22-,27-25-,29-28-. The quantitative estimate of drug-likeness (QED) is 0.0261. The number of hydrogen-bond acceptors (Lipinski definition) is 6. The first-order valence-corrected chi connectivity index (χ1v) is 33.8. The van der Waals surface area contributed by atoms with Gasteiger partial charge < -0.3 is 14.2 Å². The maximum absolute atomic E-state index is 12.9. The smallest absolute Gasteiger partial charge is 0.306 e. The molecule has 1 atom stereocenters. The Morgan fingerprint density at radius 2 is 0.481 bits per heavy atom. The minimum absolute atomic E-state index is 0.0769. The third kappa shape index (κ3) is 63.8. The van der Waals surface area contributed by atoms with E-state index < -0.39 is 6.10 Å². The second-order valence-corrected chi connectivity index (χ2v) is 22.7. The van der Waals surface area contributed by atoms with Crippen LogP contribution in [0.5, 0.6) is 0 Å². The number of allylic oxidation sites excluding steroid dienone is 10. The average molecular weight is 1080 g/mol. The largest absolute Gasteiger partial charge is 0.462 e. The van der Waals surface area contributed by atoms with Crippen molar-refractivity contribution >= 4 is 17.9 Å². The van der Waals surface area contributed by atoms with Crippen molar-refractivity contribution in [2.45, 2.75) is 361 Å². The van der Waals surface area contributed by atoms with Crippen LogP contribution in [0, 0.1) is 0 Å². The Balaban J connectivity index is 4.13. The van der Waals surface area contributed by atoms with Crippen molar-refractivity contribution in [3.05, 3.63) is 60.8 Å². The molecular weight excluding hydrogens is 949 g/mol. The fourth-order valence-electron chi connectivity index (χ4n) is 9.84. The summed E-state index contributed by atoms with van der Waals surface area (Å²) in [7, 11) is 0. The van der Waals surface area contributed by atoms with Crippen molar-refractivity contribution in [2.75, 3.05) is 13.2 Å². The monoisotopic (exact) mass is 1080 g/mol. The fraction of sp³-hybridized carbons (Fsp3) is 0.817. The number of ether oxygens (including phenoxy) is 3. The second kappa shape index (κ2) is 65.6. The first-order valence-electron chi connectivity index (χ1n) is 33.8. The lowest BCUT2D eigenvalue weighted by atomic mass is 10.0. The maximum atomic E-state index is 12.9. The lowest BCUT2D eigenvalue weighted by Gasteiger charge is -2.18. The van der Waals surface area contributed by atoms with E-state index in [1.165, 1.54) is 231 Å². The number of hydrogen-bond donors (Lipinski definition) is 0. The summed E-state index contributed by atoms with van der Waals surface area (Å²) < 4.78 is 16.9. The van der Waals surface area contributed by atoms with E-state index >= 15 is 0 Å². The van der Waals surface area contributed by atoms with E-state index in [2.05, 4.69) is 81.5 Å². The van der Waals surface area contributed by atoms with Crippen LogP contribution in [0.3, 0.4) is 0 Å². The summed E-state index contributed by atoms with van der Waals surface area (Å²) >= 11 is 0. The van der Waals surface area contributed by atoms with Gasteiger partial charge in [0.25, 0.3) is 0 Å². The molecule has 0 saturated heterocycles. The molecule has 0 aliphatic rings. The Morgan fingerprint density at radius 3 is 0.792 bits per heavy atom. The minimum Gasteiger partial charge on any atom is -0.462 e. The van der Waals surface area contributed by atoms with Gasteiger partial charge in [0.1, 0.15) is 13.2 Å². The summed E-state index contributed by atoms with van der Waals surface area (Å²) in [5, 5.41) is 0. The van der Waals surface area contributed by atoms with Crippen LogP contribution in [0.4, 0.5) is 0 Å². The molecule has 0 N–H and O–H groups in total. The van der Waals surface area contributed by atoms with Gasteiger partial charge in [0.2, 0.25) is 0 Å². The summed E-state index contributed by atoms with van der Waals surface area (Å²) in [5.41, 5.74) is 0. The topological polar surface area (TPSA) is 78.9 Å². The molecule has 0 aliphatic heterocycles. The minimum atomic E-state index is -0.780. The highest BCUT2D eigenvalue weighted by Crippen LogP contribution is 2.17. The van der Waals surface area contributed by atoms with Crippen LogP contribution in [0.2, 0.25) is 0 Å². The normalized spacial score (nSPS) is 12.4. The Morgan fingerprint density at radius 1 is 0.260 bits per heavy atom. The third-order valence-electron chi connectivity index (χ3n) is 15.0. The average Bonchev–Trinajstić information content (AvgIpc) is 3.43. The molecule has 0 bridgehead atoms. The Labute approximate surface area is 479 Å². The van der Waals surface area contributed by atoms with Crippen LogP contribution < -0.4 is 0 Å². The van der Waals surface area contributed by atoms with E-state index in [1.807, 2.05) is 0 Å². The highest BCUT2D eigenvalue weighted by Gasteiger charge is 2.19. The van der Waals surface area contributed by atoms with Crippen molar-refractivity contribution in [1.29, 1.82) is 0 Å². The van der Waals surface area contributed by atoms with Gasteiger partial charge in [-0.05, 0) is 103 Å². The lowest BCUT2D eigenvalue weighted by molar-refractivity contribution is -0.167. The Hall–Kier alpha value is -2.89. The fourth-order valence-corrected chi connectivity index (χ4v) is 9.84. The molecule has 0 saturated carbocycles. The summed E-state index contributed by atoms with van der Waals surface area (Å²) in [6, 6.07) is 0. The maximum Gasteiger partial charge on any atom is 0.306 e. The van der Waals surface area contributed by atoms with Gasteiger partial charge in [-0.25, -0.2) is 0 Å². The van der Waals surface area contributed by atoms with E-state index in [4.69, 9.17) is 14.2 Å². The number of carbonyl (C=O) groups excluding carboxylic acids is 3. The van der Waals surface area contributed by atoms with Crippen molar-refractivity contribution in [3.8, 4) is 0 Å². The second-order valence-electron chi connectivity index (χ2n) is 22.7. The lowest BCUT2D eigenvalue weighted by Crippen LogP contribution is -2.30. The van der Waals surface area contributed by atoms with Crippen LogP contribution in [0.1, 0.15) is 355 Å². The Bertz CT molecular complexity index is 1380. The zero-order chi connectivity index (χ0) is 55.7. The summed E-state index contributed by atoms with van der Waals surface area (Å²) in [6.45, 7) is 6.59. The van der Waals surface area contributed by atoms with Gasteiger partial charge >= 0.3 is 17.9 Å². The first kappa shape index (κ1) is 74.1. The highest BCUT2D eigenvalue weighted by atomic mass is 16.6. The number of unbranched alkanes of at least 4 members (excludes halogenated alkanes) is 41. The molecule has 0 aliphatic carbocycles. The van der Waals surface area contributed by atoms with E-state index in [0.717, 1.165) is 83.5 Å². The number of esters is 3. The van der Waals surface area contributed by atoms with Gasteiger partial charge in [0.05, 0.1) is 0 Å². The molecular formula is C71H128O6. The Kier molecular flexibility index (Phi) is 63.2. The number of carbonyl (C=O) groups is 3. The number of rotatable bonds is 62. The van der Waals surface area contributed by atoms with E-state index in [0.29, 0.717) is 19.3 Å². The molecule has 1 unspecified atom stereocenters. The van der Waals surface area contributed by atoms with Crippen molar-refractivity contribution in [3.63, 3.8) is 0 Å². The molecule has 0 aromatic heterocycles.